The Morgan fingerprint density at radius 3 is 2.74 bits per heavy atom. The first-order valence-corrected chi connectivity index (χ1v) is 8.23. The van der Waals surface area contributed by atoms with Gasteiger partial charge in [-0.25, -0.2) is 4.79 Å². The smallest absolute Gasteiger partial charge is 0.319 e. The molecule has 0 aliphatic rings. The summed E-state index contributed by atoms with van der Waals surface area (Å²) < 4.78 is 1.86. The van der Waals surface area contributed by atoms with Crippen LogP contribution < -0.4 is 10.6 Å². The molecule has 0 spiro atoms. The van der Waals surface area contributed by atoms with Crippen molar-refractivity contribution >= 4 is 23.3 Å². The highest BCUT2D eigenvalue weighted by Crippen LogP contribution is 2.22. The number of carbonyl (C=O) groups excluding carboxylic acids is 1. The zero-order chi connectivity index (χ0) is 16.8. The lowest BCUT2D eigenvalue weighted by molar-refractivity contribution is 0.252. The number of anilines is 1. The molecule has 2 amide bonds. The Morgan fingerprint density at radius 1 is 1.30 bits per heavy atom. The number of aryl methyl sites for hydroxylation is 1. The summed E-state index contributed by atoms with van der Waals surface area (Å²) in [6.45, 7) is 7.17. The van der Waals surface area contributed by atoms with Crippen LogP contribution in [0, 0.1) is 13.8 Å². The number of rotatable bonds is 6. The number of nitrogens with zero attached hydrogens (tertiary/aromatic N) is 2. The largest absolute Gasteiger partial charge is 0.338 e. The SMILES string of the molecule is CCCCNC(=O)Nc1c(C)nn(Cc2ccccc2Cl)c1C. The Kier molecular flexibility index (Phi) is 6.04. The number of hydrogen-bond donors (Lipinski definition) is 2. The number of hydrogen-bond acceptors (Lipinski definition) is 2. The van der Waals surface area contributed by atoms with Gasteiger partial charge in [-0.05, 0) is 31.9 Å². The number of amides is 2. The highest BCUT2D eigenvalue weighted by atomic mass is 35.5. The monoisotopic (exact) mass is 334 g/mol. The number of carbonyl (C=O) groups is 1. The number of nitrogens with one attached hydrogen (secondary N) is 2. The fourth-order valence-corrected chi connectivity index (χ4v) is 2.55. The van der Waals surface area contributed by atoms with Gasteiger partial charge < -0.3 is 10.6 Å². The van der Waals surface area contributed by atoms with Crippen LogP contribution in [0.1, 0.15) is 36.7 Å². The second-order valence-electron chi connectivity index (χ2n) is 5.53. The van der Waals surface area contributed by atoms with Gasteiger partial charge in [-0.1, -0.05) is 43.1 Å². The number of aromatic nitrogens is 2. The van der Waals surface area contributed by atoms with Crippen molar-refractivity contribution in [3.8, 4) is 0 Å². The molecule has 0 saturated heterocycles. The average molecular weight is 335 g/mol. The molecular formula is C17H23ClN4O. The van der Waals surface area contributed by atoms with E-state index in [-0.39, 0.29) is 6.03 Å². The van der Waals surface area contributed by atoms with Crippen molar-refractivity contribution in [3.63, 3.8) is 0 Å². The summed E-state index contributed by atoms with van der Waals surface area (Å²) in [6.07, 6.45) is 2.02. The molecule has 2 N–H and O–H groups in total. The zero-order valence-electron chi connectivity index (χ0n) is 13.8. The van der Waals surface area contributed by atoms with Crippen molar-refractivity contribution in [3.05, 3.63) is 46.2 Å². The van der Waals surface area contributed by atoms with Crippen molar-refractivity contribution in [2.24, 2.45) is 0 Å². The molecule has 0 aliphatic heterocycles. The van der Waals surface area contributed by atoms with E-state index >= 15 is 0 Å². The lowest BCUT2D eigenvalue weighted by atomic mass is 10.2. The molecule has 124 valence electrons. The van der Waals surface area contributed by atoms with E-state index in [0.29, 0.717) is 18.1 Å². The average Bonchev–Trinajstić information content (AvgIpc) is 2.77. The summed E-state index contributed by atoms with van der Waals surface area (Å²) in [4.78, 5) is 11.9. The minimum Gasteiger partial charge on any atom is -0.338 e. The Morgan fingerprint density at radius 2 is 2.04 bits per heavy atom. The molecule has 0 aliphatic carbocycles. The van der Waals surface area contributed by atoms with Crippen LogP contribution in [0.2, 0.25) is 5.02 Å². The normalized spacial score (nSPS) is 10.6. The molecule has 0 radical (unpaired) electrons. The van der Waals surface area contributed by atoms with Gasteiger partial charge in [0.05, 0.1) is 23.6 Å². The summed E-state index contributed by atoms with van der Waals surface area (Å²) in [7, 11) is 0. The minimum absolute atomic E-state index is 0.193. The molecule has 23 heavy (non-hydrogen) atoms. The molecule has 1 aromatic heterocycles. The fourth-order valence-electron chi connectivity index (χ4n) is 2.36. The highest BCUT2D eigenvalue weighted by molar-refractivity contribution is 6.31. The van der Waals surface area contributed by atoms with E-state index < -0.39 is 0 Å². The van der Waals surface area contributed by atoms with E-state index in [0.717, 1.165) is 35.5 Å². The molecule has 1 aromatic carbocycles. The van der Waals surface area contributed by atoms with E-state index in [1.807, 2.05) is 42.8 Å². The number of benzene rings is 1. The number of urea groups is 1. The molecule has 6 heteroatoms. The molecular weight excluding hydrogens is 312 g/mol. The van der Waals surface area contributed by atoms with Crippen molar-refractivity contribution in [1.29, 1.82) is 0 Å². The van der Waals surface area contributed by atoms with Crippen molar-refractivity contribution in [2.45, 2.75) is 40.2 Å². The van der Waals surface area contributed by atoms with E-state index in [2.05, 4.69) is 22.7 Å². The molecule has 0 atom stereocenters. The van der Waals surface area contributed by atoms with Gasteiger partial charge >= 0.3 is 6.03 Å². The van der Waals surface area contributed by atoms with Crippen LogP contribution in [0.3, 0.4) is 0 Å². The number of unbranched alkanes of at least 4 members (excludes halogenated alkanes) is 1. The van der Waals surface area contributed by atoms with Gasteiger partial charge in [-0.3, -0.25) is 4.68 Å². The molecule has 0 bridgehead atoms. The molecule has 0 fully saturated rings. The number of halogens is 1. The van der Waals surface area contributed by atoms with E-state index in [4.69, 9.17) is 11.6 Å². The third kappa shape index (κ3) is 4.48. The van der Waals surface area contributed by atoms with Crippen LogP contribution in [-0.4, -0.2) is 22.4 Å². The second kappa shape index (κ2) is 8.02. The van der Waals surface area contributed by atoms with Crippen LogP contribution in [-0.2, 0) is 6.54 Å². The summed E-state index contributed by atoms with van der Waals surface area (Å²) in [5, 5.41) is 11.0. The van der Waals surface area contributed by atoms with Gasteiger partial charge in [0, 0.05) is 11.6 Å². The lowest BCUT2D eigenvalue weighted by Gasteiger charge is -2.09. The van der Waals surface area contributed by atoms with Crippen LogP contribution in [0.5, 0.6) is 0 Å². The maximum absolute atomic E-state index is 11.9. The van der Waals surface area contributed by atoms with Gasteiger partial charge in [0.1, 0.15) is 0 Å². The second-order valence-corrected chi connectivity index (χ2v) is 5.94. The minimum atomic E-state index is -0.193. The third-order valence-corrected chi connectivity index (χ3v) is 4.08. The highest BCUT2D eigenvalue weighted by Gasteiger charge is 2.14. The van der Waals surface area contributed by atoms with Crippen molar-refractivity contribution < 1.29 is 4.79 Å². The summed E-state index contributed by atoms with van der Waals surface area (Å²) in [6, 6.07) is 7.50. The predicted molar refractivity (Wildman–Crippen MR) is 94.2 cm³/mol. The Balaban J connectivity index is 2.10. The van der Waals surface area contributed by atoms with E-state index in [1.54, 1.807) is 0 Å². The molecule has 0 saturated carbocycles. The first-order valence-electron chi connectivity index (χ1n) is 7.85. The van der Waals surface area contributed by atoms with Crippen molar-refractivity contribution in [2.75, 3.05) is 11.9 Å². The molecule has 5 nitrogen and oxygen atoms in total. The van der Waals surface area contributed by atoms with Crippen LogP contribution in [0.25, 0.3) is 0 Å². The molecule has 0 unspecified atom stereocenters. The summed E-state index contributed by atoms with van der Waals surface area (Å²) in [5.41, 5.74) is 3.46. The van der Waals surface area contributed by atoms with E-state index in [1.165, 1.54) is 0 Å². The fraction of sp³-hybridized carbons (Fsp3) is 0.412. The molecule has 2 aromatic rings. The zero-order valence-corrected chi connectivity index (χ0v) is 14.6. The molecule has 1 heterocycles. The van der Waals surface area contributed by atoms with Gasteiger partial charge in [0.2, 0.25) is 0 Å². The maximum Gasteiger partial charge on any atom is 0.319 e. The predicted octanol–water partition coefficient (Wildman–Crippen LogP) is 4.12. The standard InChI is InChI=1S/C17H23ClN4O/c1-4-5-10-19-17(23)20-16-12(2)21-22(13(16)3)11-14-8-6-7-9-15(14)18/h6-9H,4-5,10-11H2,1-3H3,(H2,19,20,23). The van der Waals surface area contributed by atoms with Gasteiger partial charge in [-0.2, -0.15) is 5.10 Å². The van der Waals surface area contributed by atoms with Gasteiger partial charge in [-0.15, -0.1) is 0 Å². The Hall–Kier alpha value is -2.01. The first-order chi connectivity index (χ1) is 11.0. The lowest BCUT2D eigenvalue weighted by Crippen LogP contribution is -2.29. The van der Waals surface area contributed by atoms with Crippen molar-refractivity contribution in [1.82, 2.24) is 15.1 Å². The van der Waals surface area contributed by atoms with Crippen LogP contribution in [0.4, 0.5) is 10.5 Å². The van der Waals surface area contributed by atoms with Gasteiger partial charge in [0.15, 0.2) is 0 Å². The maximum atomic E-state index is 11.9. The van der Waals surface area contributed by atoms with E-state index in [9.17, 15) is 4.79 Å². The first kappa shape index (κ1) is 17.3. The molecule has 2 rings (SSSR count). The third-order valence-electron chi connectivity index (χ3n) is 3.71. The topological polar surface area (TPSA) is 59.0 Å². The summed E-state index contributed by atoms with van der Waals surface area (Å²) >= 11 is 6.21. The quantitative estimate of drug-likeness (QED) is 0.780. The Bertz CT molecular complexity index is 681. The Labute approximate surface area is 142 Å². The summed E-state index contributed by atoms with van der Waals surface area (Å²) in [5.74, 6) is 0. The van der Waals surface area contributed by atoms with Crippen LogP contribution >= 0.6 is 11.6 Å². The van der Waals surface area contributed by atoms with Crippen LogP contribution in [0.15, 0.2) is 24.3 Å². The van der Waals surface area contributed by atoms with Gasteiger partial charge in [0.25, 0.3) is 0 Å².